The second kappa shape index (κ2) is 8.13. The number of fused-ring (bicyclic) bond motifs is 1. The molecule has 0 aliphatic carbocycles. The van der Waals surface area contributed by atoms with Gasteiger partial charge in [0, 0.05) is 10.9 Å². The Morgan fingerprint density at radius 3 is 2.61 bits per heavy atom. The molecular weight excluding hydrogens is 426 g/mol. The molecule has 5 rings (SSSR count). The minimum Gasteiger partial charge on any atom is -0.309 e. The Hall–Kier alpha value is -3.23. The van der Waals surface area contributed by atoms with Gasteiger partial charge in [0.25, 0.3) is 5.56 Å². The molecule has 0 radical (unpaired) electrons. The lowest BCUT2D eigenvalue weighted by atomic mass is 10.1. The standard InChI is InChI=1S/C23H19N5OS2/c1-14-8-6-7-11-18(14)28-15(2)26-27-23(28)31-13-19-24-21(29)20-17(12-30-22(20)25-19)16-9-4-3-5-10-16/h3-12H,13H2,1-2H3,(H,24,25,29). The van der Waals surface area contributed by atoms with E-state index >= 15 is 0 Å². The van der Waals surface area contributed by atoms with Crippen molar-refractivity contribution < 1.29 is 0 Å². The smallest absolute Gasteiger partial charge is 0.260 e. The molecule has 3 aromatic heterocycles. The first kappa shape index (κ1) is 19.7. The highest BCUT2D eigenvalue weighted by Crippen LogP contribution is 2.31. The van der Waals surface area contributed by atoms with Crippen LogP contribution in [0.15, 0.2) is 69.9 Å². The molecule has 0 aliphatic heterocycles. The Kier molecular flexibility index (Phi) is 5.17. The number of H-pyrrole nitrogens is 1. The van der Waals surface area contributed by atoms with Crippen molar-refractivity contribution in [1.82, 2.24) is 24.7 Å². The SMILES string of the molecule is Cc1ccccc1-n1c(C)nnc1SCc1nc2scc(-c3ccccc3)c2c(=O)[nH]1. The van der Waals surface area contributed by atoms with Crippen molar-refractivity contribution in [2.45, 2.75) is 24.8 Å². The van der Waals surface area contributed by atoms with Crippen LogP contribution in [-0.4, -0.2) is 24.7 Å². The van der Waals surface area contributed by atoms with Gasteiger partial charge in [0.05, 0.1) is 16.8 Å². The van der Waals surface area contributed by atoms with E-state index in [1.807, 2.05) is 59.3 Å². The maximum absolute atomic E-state index is 12.9. The third-order valence-electron chi connectivity index (χ3n) is 5.07. The minimum atomic E-state index is -0.114. The molecule has 0 unspecified atom stereocenters. The molecule has 5 aromatic rings. The molecule has 31 heavy (non-hydrogen) atoms. The predicted molar refractivity (Wildman–Crippen MR) is 126 cm³/mol. The lowest BCUT2D eigenvalue weighted by Gasteiger charge is -2.11. The van der Waals surface area contributed by atoms with Gasteiger partial charge < -0.3 is 4.98 Å². The quantitative estimate of drug-likeness (QED) is 0.379. The van der Waals surface area contributed by atoms with Crippen LogP contribution in [0.5, 0.6) is 0 Å². The number of rotatable bonds is 5. The monoisotopic (exact) mass is 445 g/mol. The van der Waals surface area contributed by atoms with E-state index in [9.17, 15) is 4.79 Å². The summed E-state index contributed by atoms with van der Waals surface area (Å²) in [5.74, 6) is 1.94. The van der Waals surface area contributed by atoms with Crippen LogP contribution in [0.3, 0.4) is 0 Å². The van der Waals surface area contributed by atoms with Crippen molar-refractivity contribution in [2.75, 3.05) is 0 Å². The van der Waals surface area contributed by atoms with Gasteiger partial charge in [-0.05, 0) is 31.0 Å². The van der Waals surface area contributed by atoms with E-state index in [0.29, 0.717) is 17.0 Å². The zero-order valence-corrected chi connectivity index (χ0v) is 18.6. The Morgan fingerprint density at radius 2 is 1.81 bits per heavy atom. The Labute approximate surface area is 187 Å². The average Bonchev–Trinajstić information content (AvgIpc) is 3.37. The number of hydrogen-bond acceptors (Lipinski definition) is 6. The van der Waals surface area contributed by atoms with Gasteiger partial charge in [-0.3, -0.25) is 9.36 Å². The van der Waals surface area contributed by atoms with E-state index < -0.39 is 0 Å². The molecular formula is C23H19N5OS2. The summed E-state index contributed by atoms with van der Waals surface area (Å²) in [5.41, 5.74) is 4.02. The molecule has 0 saturated carbocycles. The molecule has 0 fully saturated rings. The van der Waals surface area contributed by atoms with E-state index in [4.69, 9.17) is 4.98 Å². The van der Waals surface area contributed by atoms with Gasteiger partial charge in [-0.1, -0.05) is 60.3 Å². The molecule has 154 valence electrons. The Morgan fingerprint density at radius 1 is 1.03 bits per heavy atom. The van der Waals surface area contributed by atoms with E-state index in [-0.39, 0.29) is 5.56 Å². The fourth-order valence-electron chi connectivity index (χ4n) is 3.55. The summed E-state index contributed by atoms with van der Waals surface area (Å²) in [4.78, 5) is 21.3. The normalized spacial score (nSPS) is 11.3. The number of para-hydroxylation sites is 1. The number of nitrogens with one attached hydrogen (secondary N) is 1. The number of thioether (sulfide) groups is 1. The molecule has 0 atom stereocenters. The fraction of sp³-hybridized carbons (Fsp3) is 0.130. The highest BCUT2D eigenvalue weighted by molar-refractivity contribution is 7.98. The first-order chi connectivity index (χ1) is 15.1. The Bertz CT molecular complexity index is 1440. The summed E-state index contributed by atoms with van der Waals surface area (Å²) in [6, 6.07) is 18.1. The number of aryl methyl sites for hydroxylation is 2. The summed E-state index contributed by atoms with van der Waals surface area (Å²) in [6.45, 7) is 4.00. The molecule has 6 nitrogen and oxygen atoms in total. The van der Waals surface area contributed by atoms with Crippen molar-refractivity contribution >= 4 is 33.3 Å². The van der Waals surface area contributed by atoms with Crippen LogP contribution in [0, 0.1) is 13.8 Å². The van der Waals surface area contributed by atoms with E-state index in [1.54, 1.807) is 0 Å². The number of hydrogen-bond donors (Lipinski definition) is 1. The van der Waals surface area contributed by atoms with E-state index in [2.05, 4.69) is 34.2 Å². The maximum atomic E-state index is 12.9. The molecule has 2 aromatic carbocycles. The summed E-state index contributed by atoms with van der Waals surface area (Å²) in [5, 5.41) is 12.0. The summed E-state index contributed by atoms with van der Waals surface area (Å²) >= 11 is 3.00. The van der Waals surface area contributed by atoms with Crippen molar-refractivity contribution in [3.05, 3.63) is 87.5 Å². The molecule has 0 bridgehead atoms. The second-order valence-electron chi connectivity index (χ2n) is 7.15. The molecule has 0 amide bonds. The summed E-state index contributed by atoms with van der Waals surface area (Å²) < 4.78 is 2.04. The van der Waals surface area contributed by atoms with Crippen molar-refractivity contribution in [3.8, 4) is 16.8 Å². The molecule has 3 heterocycles. The first-order valence-corrected chi connectivity index (χ1v) is 11.6. The van der Waals surface area contributed by atoms with Crippen LogP contribution in [-0.2, 0) is 5.75 Å². The third-order valence-corrected chi connectivity index (χ3v) is 6.88. The average molecular weight is 446 g/mol. The van der Waals surface area contributed by atoms with Crippen LogP contribution in [0.2, 0.25) is 0 Å². The molecule has 0 aliphatic rings. The van der Waals surface area contributed by atoms with Crippen molar-refractivity contribution in [2.24, 2.45) is 0 Å². The number of thiophene rings is 1. The largest absolute Gasteiger partial charge is 0.309 e. The molecule has 0 spiro atoms. The number of benzene rings is 2. The minimum absolute atomic E-state index is 0.114. The molecule has 8 heteroatoms. The number of aromatic nitrogens is 5. The molecule has 0 saturated heterocycles. The van der Waals surface area contributed by atoms with Gasteiger partial charge in [0.2, 0.25) is 0 Å². The van der Waals surface area contributed by atoms with Gasteiger partial charge >= 0.3 is 0 Å². The van der Waals surface area contributed by atoms with Crippen molar-refractivity contribution in [3.63, 3.8) is 0 Å². The highest BCUT2D eigenvalue weighted by atomic mass is 32.2. The zero-order valence-electron chi connectivity index (χ0n) is 17.0. The lowest BCUT2D eigenvalue weighted by molar-refractivity contribution is 0.860. The van der Waals surface area contributed by atoms with Gasteiger partial charge in [0.1, 0.15) is 16.5 Å². The van der Waals surface area contributed by atoms with Gasteiger partial charge in [-0.2, -0.15) is 0 Å². The van der Waals surface area contributed by atoms with Crippen LogP contribution in [0.25, 0.3) is 27.0 Å². The van der Waals surface area contributed by atoms with Crippen molar-refractivity contribution in [1.29, 1.82) is 0 Å². The molecule has 1 N–H and O–H groups in total. The van der Waals surface area contributed by atoms with Crippen LogP contribution < -0.4 is 5.56 Å². The number of nitrogens with zero attached hydrogens (tertiary/aromatic N) is 4. The first-order valence-electron chi connectivity index (χ1n) is 9.78. The van der Waals surface area contributed by atoms with Crippen LogP contribution >= 0.6 is 23.1 Å². The van der Waals surface area contributed by atoms with Gasteiger partial charge in [-0.15, -0.1) is 21.5 Å². The Balaban J connectivity index is 1.46. The fourth-order valence-corrected chi connectivity index (χ4v) is 5.38. The van der Waals surface area contributed by atoms with Gasteiger partial charge in [0.15, 0.2) is 5.16 Å². The highest BCUT2D eigenvalue weighted by Gasteiger charge is 2.16. The predicted octanol–water partition coefficient (Wildman–Crippen LogP) is 5.14. The number of aromatic amines is 1. The van der Waals surface area contributed by atoms with Crippen LogP contribution in [0.1, 0.15) is 17.2 Å². The summed E-state index contributed by atoms with van der Waals surface area (Å²) in [7, 11) is 0. The second-order valence-corrected chi connectivity index (χ2v) is 8.95. The topological polar surface area (TPSA) is 76.5 Å². The lowest BCUT2D eigenvalue weighted by Crippen LogP contribution is -2.11. The van der Waals surface area contributed by atoms with Gasteiger partial charge in [-0.25, -0.2) is 4.98 Å². The third kappa shape index (κ3) is 3.68. The maximum Gasteiger partial charge on any atom is 0.260 e. The van der Waals surface area contributed by atoms with E-state index in [0.717, 1.165) is 38.2 Å². The zero-order chi connectivity index (χ0) is 21.4. The van der Waals surface area contributed by atoms with E-state index in [1.165, 1.54) is 23.1 Å². The summed E-state index contributed by atoms with van der Waals surface area (Å²) in [6.07, 6.45) is 0. The van der Waals surface area contributed by atoms with Crippen LogP contribution in [0.4, 0.5) is 0 Å².